The van der Waals surface area contributed by atoms with E-state index in [1.54, 1.807) is 17.0 Å². The molecule has 0 saturated carbocycles. The smallest absolute Gasteiger partial charge is 0.263 e. The number of benzene rings is 1. The standard InChI is InChI=1S/C16H16N2O4S2/c19-14(18-5-7-21-8-6-18)10-22-12-4-2-1-3-11(12)9-13-15(20)17-16(23)24-13/h1-4,9H,5-8,10H2,(H,17,20,23)/b13-9-. The maximum Gasteiger partial charge on any atom is 0.263 e. The normalized spacial score (nSPS) is 19.5. The Morgan fingerprint density at radius 3 is 2.83 bits per heavy atom. The lowest BCUT2D eigenvalue weighted by molar-refractivity contribution is -0.137. The molecule has 3 rings (SSSR count). The van der Waals surface area contributed by atoms with Crippen molar-refractivity contribution in [2.75, 3.05) is 32.9 Å². The fourth-order valence-corrected chi connectivity index (χ4v) is 3.37. The largest absolute Gasteiger partial charge is 0.483 e. The van der Waals surface area contributed by atoms with Crippen LogP contribution in [0.3, 0.4) is 0 Å². The van der Waals surface area contributed by atoms with Crippen LogP contribution in [0.15, 0.2) is 29.2 Å². The molecule has 2 aliphatic rings. The Morgan fingerprint density at radius 2 is 2.12 bits per heavy atom. The van der Waals surface area contributed by atoms with Crippen LogP contribution in [0.2, 0.25) is 0 Å². The molecule has 6 nitrogen and oxygen atoms in total. The van der Waals surface area contributed by atoms with Crippen LogP contribution >= 0.6 is 24.0 Å². The van der Waals surface area contributed by atoms with Gasteiger partial charge in [0.25, 0.3) is 11.8 Å². The van der Waals surface area contributed by atoms with Crippen molar-refractivity contribution < 1.29 is 19.1 Å². The van der Waals surface area contributed by atoms with Gasteiger partial charge < -0.3 is 19.7 Å². The molecule has 0 aliphatic carbocycles. The maximum absolute atomic E-state index is 12.2. The molecule has 2 amide bonds. The van der Waals surface area contributed by atoms with E-state index in [9.17, 15) is 9.59 Å². The van der Waals surface area contributed by atoms with Gasteiger partial charge in [-0.2, -0.15) is 0 Å². The molecule has 2 heterocycles. The summed E-state index contributed by atoms with van der Waals surface area (Å²) >= 11 is 6.19. The van der Waals surface area contributed by atoms with Crippen molar-refractivity contribution in [1.82, 2.24) is 10.2 Å². The van der Waals surface area contributed by atoms with Crippen molar-refractivity contribution in [1.29, 1.82) is 0 Å². The summed E-state index contributed by atoms with van der Waals surface area (Å²) in [4.78, 5) is 26.2. The number of nitrogens with zero attached hydrogens (tertiary/aromatic N) is 1. The SMILES string of the molecule is O=C1NC(=S)S/C1=C\c1ccccc1OCC(=O)N1CCOCC1. The first-order valence-electron chi connectivity index (χ1n) is 7.46. The Bertz CT molecular complexity index is 699. The third-order valence-electron chi connectivity index (χ3n) is 3.56. The monoisotopic (exact) mass is 364 g/mol. The van der Waals surface area contributed by atoms with Crippen molar-refractivity contribution >= 4 is 46.2 Å². The Balaban J connectivity index is 1.68. The molecule has 2 aliphatic heterocycles. The second-order valence-electron chi connectivity index (χ2n) is 5.17. The van der Waals surface area contributed by atoms with Gasteiger partial charge in [0.1, 0.15) is 10.1 Å². The van der Waals surface area contributed by atoms with E-state index in [-0.39, 0.29) is 18.4 Å². The molecule has 0 aromatic heterocycles. The summed E-state index contributed by atoms with van der Waals surface area (Å²) in [7, 11) is 0. The summed E-state index contributed by atoms with van der Waals surface area (Å²) in [5.74, 6) is 0.261. The Labute approximate surface area is 149 Å². The second-order valence-corrected chi connectivity index (χ2v) is 6.89. The molecule has 0 unspecified atom stereocenters. The van der Waals surface area contributed by atoms with Gasteiger partial charge in [-0.3, -0.25) is 9.59 Å². The average Bonchev–Trinajstić information content (AvgIpc) is 2.92. The molecule has 8 heteroatoms. The van der Waals surface area contributed by atoms with E-state index in [2.05, 4.69) is 5.32 Å². The predicted molar refractivity (Wildman–Crippen MR) is 95.6 cm³/mol. The van der Waals surface area contributed by atoms with Gasteiger partial charge in [0.15, 0.2) is 6.61 Å². The molecule has 1 aromatic rings. The van der Waals surface area contributed by atoms with Crippen molar-refractivity contribution in [2.24, 2.45) is 0 Å². The van der Waals surface area contributed by atoms with Crippen molar-refractivity contribution in [2.45, 2.75) is 0 Å². The number of hydrogen-bond acceptors (Lipinski definition) is 6. The maximum atomic E-state index is 12.2. The highest BCUT2D eigenvalue weighted by atomic mass is 32.2. The van der Waals surface area contributed by atoms with Gasteiger partial charge in [-0.25, -0.2) is 0 Å². The van der Waals surface area contributed by atoms with Crippen LogP contribution in [-0.4, -0.2) is 53.9 Å². The van der Waals surface area contributed by atoms with E-state index in [0.29, 0.717) is 41.3 Å². The van der Waals surface area contributed by atoms with Crippen molar-refractivity contribution in [3.63, 3.8) is 0 Å². The van der Waals surface area contributed by atoms with Crippen LogP contribution in [0.5, 0.6) is 5.75 Å². The molecule has 2 fully saturated rings. The number of carbonyl (C=O) groups is 2. The highest BCUT2D eigenvalue weighted by molar-refractivity contribution is 8.26. The third kappa shape index (κ3) is 4.14. The Kier molecular flexibility index (Phi) is 5.49. The molecule has 1 N–H and O–H groups in total. The lowest BCUT2D eigenvalue weighted by Gasteiger charge is -2.26. The Morgan fingerprint density at radius 1 is 1.38 bits per heavy atom. The van der Waals surface area contributed by atoms with E-state index in [1.807, 2.05) is 18.2 Å². The molecule has 2 saturated heterocycles. The quantitative estimate of drug-likeness (QED) is 0.644. The summed E-state index contributed by atoms with van der Waals surface area (Å²) in [6.07, 6.45) is 1.72. The highest BCUT2D eigenvalue weighted by Gasteiger charge is 2.23. The van der Waals surface area contributed by atoms with Crippen LogP contribution in [-0.2, 0) is 14.3 Å². The summed E-state index contributed by atoms with van der Waals surface area (Å²) in [6.45, 7) is 2.24. The average molecular weight is 364 g/mol. The molecule has 24 heavy (non-hydrogen) atoms. The molecule has 1 aromatic carbocycles. The fourth-order valence-electron chi connectivity index (χ4n) is 2.34. The van der Waals surface area contributed by atoms with Gasteiger partial charge in [-0.15, -0.1) is 0 Å². The van der Waals surface area contributed by atoms with Crippen molar-refractivity contribution in [3.8, 4) is 5.75 Å². The molecule has 0 atom stereocenters. The summed E-state index contributed by atoms with van der Waals surface area (Å²) in [5.41, 5.74) is 0.731. The zero-order chi connectivity index (χ0) is 16.9. The summed E-state index contributed by atoms with van der Waals surface area (Å²) in [5, 5.41) is 2.57. The Hall–Kier alpha value is -1.90. The first-order valence-corrected chi connectivity index (χ1v) is 8.68. The number of morpholine rings is 1. The number of thiocarbonyl (C=S) groups is 1. The summed E-state index contributed by atoms with van der Waals surface area (Å²) < 4.78 is 11.3. The number of carbonyl (C=O) groups excluding carboxylic acids is 2. The minimum atomic E-state index is -0.218. The zero-order valence-electron chi connectivity index (χ0n) is 12.8. The number of nitrogens with one attached hydrogen (secondary N) is 1. The second kappa shape index (κ2) is 7.78. The molecule has 0 radical (unpaired) electrons. The molecule has 0 spiro atoms. The number of ether oxygens (including phenoxy) is 2. The van der Waals surface area contributed by atoms with Gasteiger partial charge in [-0.05, 0) is 12.1 Å². The van der Waals surface area contributed by atoms with E-state index in [1.165, 1.54) is 11.8 Å². The van der Waals surface area contributed by atoms with Crippen LogP contribution in [0.1, 0.15) is 5.56 Å². The van der Waals surface area contributed by atoms with E-state index < -0.39 is 0 Å². The molecular weight excluding hydrogens is 348 g/mol. The zero-order valence-corrected chi connectivity index (χ0v) is 14.5. The van der Waals surface area contributed by atoms with Gasteiger partial charge in [0.2, 0.25) is 0 Å². The number of hydrogen-bond donors (Lipinski definition) is 1. The summed E-state index contributed by atoms with van der Waals surface area (Å²) in [6, 6.07) is 7.27. The van der Waals surface area contributed by atoms with Crippen LogP contribution in [0.25, 0.3) is 6.08 Å². The van der Waals surface area contributed by atoms with Gasteiger partial charge in [-0.1, -0.05) is 42.2 Å². The van der Waals surface area contributed by atoms with Crippen LogP contribution in [0, 0.1) is 0 Å². The minimum absolute atomic E-state index is 0.0437. The van der Waals surface area contributed by atoms with E-state index >= 15 is 0 Å². The first kappa shape index (κ1) is 16.9. The third-order valence-corrected chi connectivity index (χ3v) is 4.73. The molecule has 126 valence electrons. The number of rotatable bonds is 4. The lowest BCUT2D eigenvalue weighted by atomic mass is 10.2. The van der Waals surface area contributed by atoms with Gasteiger partial charge in [0.05, 0.1) is 18.1 Å². The molecule has 0 bridgehead atoms. The minimum Gasteiger partial charge on any atom is -0.483 e. The predicted octanol–water partition coefficient (Wildman–Crippen LogP) is 1.41. The number of thioether (sulfide) groups is 1. The van der Waals surface area contributed by atoms with Gasteiger partial charge in [0, 0.05) is 18.7 Å². The van der Waals surface area contributed by atoms with Crippen molar-refractivity contribution in [3.05, 3.63) is 34.7 Å². The fraction of sp³-hybridized carbons (Fsp3) is 0.312. The topological polar surface area (TPSA) is 67.9 Å². The molecular formula is C16H16N2O4S2. The number of amides is 2. The highest BCUT2D eigenvalue weighted by Crippen LogP contribution is 2.29. The lowest BCUT2D eigenvalue weighted by Crippen LogP contribution is -2.43. The first-order chi connectivity index (χ1) is 11.6. The van der Waals surface area contributed by atoms with E-state index in [0.717, 1.165) is 5.56 Å². The van der Waals surface area contributed by atoms with E-state index in [4.69, 9.17) is 21.7 Å². The van der Waals surface area contributed by atoms with Crippen LogP contribution < -0.4 is 10.1 Å². The van der Waals surface area contributed by atoms with Crippen LogP contribution in [0.4, 0.5) is 0 Å². The number of para-hydroxylation sites is 1. The van der Waals surface area contributed by atoms with Gasteiger partial charge >= 0.3 is 0 Å².